The van der Waals surface area contributed by atoms with Gasteiger partial charge in [0.15, 0.2) is 0 Å². The molecule has 36 heavy (non-hydrogen) atoms. The minimum atomic E-state index is -1.23. The summed E-state index contributed by atoms with van der Waals surface area (Å²) in [6, 6.07) is 2.28. The van der Waals surface area contributed by atoms with Crippen LogP contribution in [-0.2, 0) is 19.1 Å². The molecule has 0 fully saturated rings. The van der Waals surface area contributed by atoms with Crippen LogP contribution in [0.3, 0.4) is 0 Å². The Labute approximate surface area is 213 Å². The summed E-state index contributed by atoms with van der Waals surface area (Å²) >= 11 is 0. The number of phenolic OH excluding ortho intramolecular Hbond substituents is 1. The lowest BCUT2D eigenvalue weighted by molar-refractivity contribution is -0.149. The van der Waals surface area contributed by atoms with E-state index in [1.165, 1.54) is 4.90 Å². The molecule has 0 aliphatic heterocycles. The zero-order chi connectivity index (χ0) is 28.0. The van der Waals surface area contributed by atoms with Crippen LogP contribution in [0.25, 0.3) is 0 Å². The van der Waals surface area contributed by atoms with Gasteiger partial charge in [-0.25, -0.2) is 4.79 Å². The molecule has 0 bridgehead atoms. The van der Waals surface area contributed by atoms with E-state index in [4.69, 9.17) is 10.5 Å². The third-order valence-electron chi connectivity index (χ3n) is 5.13. The van der Waals surface area contributed by atoms with Crippen molar-refractivity contribution in [2.75, 3.05) is 0 Å². The first-order valence-electron chi connectivity index (χ1n) is 12.0. The number of phenols is 1. The van der Waals surface area contributed by atoms with Gasteiger partial charge in [-0.1, -0.05) is 18.2 Å². The number of benzene rings is 1. The smallest absolute Gasteiger partial charge is 0.408 e. The lowest BCUT2D eigenvalue weighted by Crippen LogP contribution is -2.59. The maximum absolute atomic E-state index is 14.0. The van der Waals surface area contributed by atoms with Gasteiger partial charge in [-0.15, -0.1) is 0 Å². The molecule has 0 heterocycles. The van der Waals surface area contributed by atoms with E-state index in [0.717, 1.165) is 0 Å². The van der Waals surface area contributed by atoms with Crippen LogP contribution >= 0.6 is 0 Å². The van der Waals surface area contributed by atoms with Crippen LogP contribution in [-0.4, -0.2) is 57.0 Å². The quantitative estimate of drug-likeness (QED) is 0.404. The number of ether oxygens (including phenoxy) is 1. The molecular formula is C26H42N4O6. The van der Waals surface area contributed by atoms with Crippen LogP contribution in [0.2, 0.25) is 0 Å². The van der Waals surface area contributed by atoms with Gasteiger partial charge in [0, 0.05) is 23.6 Å². The number of nitrogens with zero attached hydrogens (tertiary/aromatic N) is 1. The number of rotatable bonds is 9. The predicted molar refractivity (Wildman–Crippen MR) is 137 cm³/mol. The van der Waals surface area contributed by atoms with Gasteiger partial charge in [0.05, 0.1) is 0 Å². The molecule has 10 nitrogen and oxygen atoms in total. The highest BCUT2D eigenvalue weighted by molar-refractivity contribution is 5.93. The Morgan fingerprint density at radius 2 is 1.64 bits per heavy atom. The molecule has 0 aromatic heterocycles. The van der Waals surface area contributed by atoms with Crippen molar-refractivity contribution in [3.05, 3.63) is 29.3 Å². The number of hydrogen-bond acceptors (Lipinski definition) is 6. The maximum atomic E-state index is 14.0. The van der Waals surface area contributed by atoms with E-state index in [-0.39, 0.29) is 30.2 Å². The topological polar surface area (TPSA) is 151 Å². The number of para-hydroxylation sites is 1. The lowest BCUT2D eigenvalue weighted by atomic mass is 9.93. The van der Waals surface area contributed by atoms with E-state index in [9.17, 15) is 24.3 Å². The molecule has 1 aromatic rings. The van der Waals surface area contributed by atoms with Crippen molar-refractivity contribution in [2.24, 2.45) is 5.73 Å². The fourth-order valence-corrected chi connectivity index (χ4v) is 3.67. The Hall–Kier alpha value is -3.30. The van der Waals surface area contributed by atoms with Crippen molar-refractivity contribution in [3.63, 3.8) is 0 Å². The van der Waals surface area contributed by atoms with Crippen molar-refractivity contribution >= 4 is 23.8 Å². The van der Waals surface area contributed by atoms with Crippen LogP contribution in [0.1, 0.15) is 85.4 Å². The number of nitrogens with one attached hydrogen (secondary N) is 2. The largest absolute Gasteiger partial charge is 0.507 e. The van der Waals surface area contributed by atoms with Crippen molar-refractivity contribution in [1.82, 2.24) is 15.5 Å². The second-order valence-electron chi connectivity index (χ2n) is 11.2. The number of primary amides is 1. The van der Waals surface area contributed by atoms with Gasteiger partial charge in [-0.05, 0) is 74.3 Å². The summed E-state index contributed by atoms with van der Waals surface area (Å²) in [6.07, 6.45) is -1.12. The first-order chi connectivity index (χ1) is 16.3. The summed E-state index contributed by atoms with van der Waals surface area (Å²) in [5, 5.41) is 16.2. The first-order valence-corrected chi connectivity index (χ1v) is 12.0. The van der Waals surface area contributed by atoms with Crippen molar-refractivity contribution in [2.45, 2.75) is 104 Å². The molecule has 10 heteroatoms. The summed E-state index contributed by atoms with van der Waals surface area (Å²) in [5.74, 6) is -1.89. The second kappa shape index (κ2) is 12.1. The van der Waals surface area contributed by atoms with Gasteiger partial charge >= 0.3 is 6.09 Å². The van der Waals surface area contributed by atoms with Crippen molar-refractivity contribution in [3.8, 4) is 5.75 Å². The fourth-order valence-electron chi connectivity index (χ4n) is 3.67. The van der Waals surface area contributed by atoms with E-state index >= 15 is 0 Å². The zero-order valence-corrected chi connectivity index (χ0v) is 22.9. The van der Waals surface area contributed by atoms with Crippen molar-refractivity contribution < 1.29 is 29.0 Å². The van der Waals surface area contributed by atoms with Gasteiger partial charge in [0.25, 0.3) is 0 Å². The van der Waals surface area contributed by atoms with E-state index < -0.39 is 47.0 Å². The molecular weight excluding hydrogens is 464 g/mol. The molecule has 0 spiro atoms. The number of nitrogens with two attached hydrogens (primary N) is 1. The van der Waals surface area contributed by atoms with Crippen LogP contribution in [0.5, 0.6) is 5.75 Å². The molecule has 0 saturated heterocycles. The maximum Gasteiger partial charge on any atom is 0.408 e. The van der Waals surface area contributed by atoms with E-state index in [1.807, 2.05) is 0 Å². The highest BCUT2D eigenvalue weighted by Gasteiger charge is 2.43. The highest BCUT2D eigenvalue weighted by Crippen LogP contribution is 2.36. The molecule has 1 aromatic carbocycles. The number of carbonyl (C=O) groups excluding carboxylic acids is 4. The third-order valence-corrected chi connectivity index (χ3v) is 5.13. The summed E-state index contributed by atoms with van der Waals surface area (Å²) in [7, 11) is 0. The van der Waals surface area contributed by atoms with E-state index in [0.29, 0.717) is 5.56 Å². The van der Waals surface area contributed by atoms with Gasteiger partial charge in [0.2, 0.25) is 17.7 Å². The molecule has 2 unspecified atom stereocenters. The summed E-state index contributed by atoms with van der Waals surface area (Å²) in [5.41, 5.74) is 4.34. The normalized spacial score (nSPS) is 13.5. The molecule has 5 N–H and O–H groups in total. The Balaban J connectivity index is 3.65. The Morgan fingerprint density at radius 3 is 2.11 bits per heavy atom. The monoisotopic (exact) mass is 506 g/mol. The number of aromatic hydroxyl groups is 1. The second-order valence-corrected chi connectivity index (χ2v) is 11.2. The van der Waals surface area contributed by atoms with Crippen LogP contribution < -0.4 is 16.4 Å². The number of amides is 4. The molecule has 2 atom stereocenters. The Bertz CT molecular complexity index is 962. The van der Waals surface area contributed by atoms with Crippen molar-refractivity contribution in [1.29, 1.82) is 0 Å². The predicted octanol–water partition coefficient (Wildman–Crippen LogP) is 3.05. The van der Waals surface area contributed by atoms with Crippen LogP contribution in [0.15, 0.2) is 18.2 Å². The molecule has 0 aliphatic rings. The van der Waals surface area contributed by atoms with E-state index in [2.05, 4.69) is 10.6 Å². The van der Waals surface area contributed by atoms with Gasteiger partial charge in [0.1, 0.15) is 23.4 Å². The summed E-state index contributed by atoms with van der Waals surface area (Å²) in [6.45, 7) is 15.5. The summed E-state index contributed by atoms with van der Waals surface area (Å²) < 4.78 is 5.31. The van der Waals surface area contributed by atoms with Gasteiger partial charge < -0.3 is 31.1 Å². The molecule has 0 aliphatic carbocycles. The lowest BCUT2D eigenvalue weighted by Gasteiger charge is -2.43. The first kappa shape index (κ1) is 30.7. The standard InChI is InChI=1S/C26H42N4O6/c1-15(2)28-22(33)20(17-12-10-11-16(3)21(17)32)30(25(4,5)6)23(34)18(13-14-19(27)31)29-24(35)36-26(7,8)9/h10-12,15,18,20,32H,13-14H2,1-9H3,(H2,27,31)(H,28,33)(H,29,35). The minimum Gasteiger partial charge on any atom is -0.507 e. The molecule has 0 radical (unpaired) electrons. The summed E-state index contributed by atoms with van der Waals surface area (Å²) in [4.78, 5) is 53.0. The fraction of sp³-hybridized carbons (Fsp3) is 0.615. The molecule has 1 rings (SSSR count). The minimum absolute atomic E-state index is 0.0989. The third kappa shape index (κ3) is 9.05. The number of hydrogen-bond donors (Lipinski definition) is 4. The van der Waals surface area contributed by atoms with Gasteiger partial charge in [-0.2, -0.15) is 0 Å². The highest BCUT2D eigenvalue weighted by atomic mass is 16.6. The van der Waals surface area contributed by atoms with Gasteiger partial charge in [-0.3, -0.25) is 14.4 Å². The number of alkyl carbamates (subject to hydrolysis) is 1. The number of aryl methyl sites for hydroxylation is 1. The zero-order valence-electron chi connectivity index (χ0n) is 22.9. The Kier molecular flexibility index (Phi) is 10.3. The Morgan fingerprint density at radius 1 is 1.06 bits per heavy atom. The molecule has 202 valence electrons. The molecule has 4 amide bonds. The van der Waals surface area contributed by atoms with Crippen LogP contribution in [0, 0.1) is 6.92 Å². The number of carbonyl (C=O) groups is 4. The molecule has 0 saturated carbocycles. The van der Waals surface area contributed by atoms with E-state index in [1.54, 1.807) is 80.5 Å². The van der Waals surface area contributed by atoms with Crippen LogP contribution in [0.4, 0.5) is 4.79 Å². The average molecular weight is 507 g/mol. The SMILES string of the molecule is Cc1cccc(C(C(=O)NC(C)C)N(C(=O)C(CCC(N)=O)NC(=O)OC(C)(C)C)C(C)(C)C)c1O. The average Bonchev–Trinajstić information content (AvgIpc) is 2.68.